The second-order valence-corrected chi connectivity index (χ2v) is 6.16. The first-order valence-corrected chi connectivity index (χ1v) is 9.11. The van der Waals surface area contributed by atoms with Crippen LogP contribution in [-0.2, 0) is 0 Å². The zero-order valence-corrected chi connectivity index (χ0v) is 16.3. The predicted octanol–water partition coefficient (Wildman–Crippen LogP) is 4.64. The van der Waals surface area contributed by atoms with Crippen LogP contribution in [0.25, 0.3) is 0 Å². The maximum Gasteiger partial charge on any atom is 0.255 e. The molecule has 0 aliphatic rings. The van der Waals surface area contributed by atoms with Gasteiger partial charge in [-0.25, -0.2) is 0 Å². The molecule has 0 spiro atoms. The van der Waals surface area contributed by atoms with Crippen LogP contribution in [-0.4, -0.2) is 36.4 Å². The van der Waals surface area contributed by atoms with E-state index in [0.717, 1.165) is 0 Å². The fourth-order valence-electron chi connectivity index (χ4n) is 2.51. The molecule has 142 valence electrons. The van der Waals surface area contributed by atoms with E-state index in [1.54, 1.807) is 53.4 Å². The summed E-state index contributed by atoms with van der Waals surface area (Å²) in [6.45, 7) is 9.04. The van der Waals surface area contributed by atoms with Crippen molar-refractivity contribution in [3.63, 3.8) is 0 Å². The van der Waals surface area contributed by atoms with Crippen LogP contribution in [0.15, 0.2) is 55.1 Å². The zero-order valence-electron chi connectivity index (χ0n) is 15.5. The van der Waals surface area contributed by atoms with Gasteiger partial charge in [-0.3, -0.25) is 9.59 Å². The van der Waals surface area contributed by atoms with Gasteiger partial charge in [-0.05, 0) is 56.3 Å². The number of carbonyl (C=O) groups is 2. The van der Waals surface area contributed by atoms with E-state index >= 15 is 0 Å². The van der Waals surface area contributed by atoms with Crippen molar-refractivity contribution in [3.8, 4) is 5.75 Å². The van der Waals surface area contributed by atoms with E-state index in [1.807, 2.05) is 13.8 Å². The number of hydrogen-bond acceptors (Lipinski definition) is 3. The third-order valence-corrected chi connectivity index (χ3v) is 4.31. The van der Waals surface area contributed by atoms with Crippen molar-refractivity contribution in [3.05, 3.63) is 71.3 Å². The van der Waals surface area contributed by atoms with Crippen LogP contribution in [0.5, 0.6) is 5.75 Å². The monoisotopic (exact) mass is 386 g/mol. The van der Waals surface area contributed by atoms with Crippen LogP contribution in [0.2, 0.25) is 5.02 Å². The number of amides is 2. The summed E-state index contributed by atoms with van der Waals surface area (Å²) < 4.78 is 5.39. The van der Waals surface area contributed by atoms with E-state index < -0.39 is 0 Å². The normalized spacial score (nSPS) is 10.2. The van der Waals surface area contributed by atoms with Crippen molar-refractivity contribution in [2.24, 2.45) is 0 Å². The third-order valence-electron chi connectivity index (χ3n) is 3.99. The molecule has 2 aromatic carbocycles. The highest BCUT2D eigenvalue weighted by Crippen LogP contribution is 2.23. The lowest BCUT2D eigenvalue weighted by molar-refractivity contribution is 0.0773. The van der Waals surface area contributed by atoms with Gasteiger partial charge in [-0.15, -0.1) is 0 Å². The molecule has 0 saturated carbocycles. The van der Waals surface area contributed by atoms with Crippen LogP contribution in [0.4, 0.5) is 5.69 Å². The summed E-state index contributed by atoms with van der Waals surface area (Å²) in [4.78, 5) is 26.5. The van der Waals surface area contributed by atoms with Gasteiger partial charge in [-0.2, -0.15) is 0 Å². The highest BCUT2D eigenvalue weighted by atomic mass is 35.5. The minimum absolute atomic E-state index is 0.127. The summed E-state index contributed by atoms with van der Waals surface area (Å²) in [7, 11) is 0. The number of halogens is 1. The molecule has 0 radical (unpaired) electrons. The third kappa shape index (κ3) is 5.34. The molecule has 0 bridgehead atoms. The predicted molar refractivity (Wildman–Crippen MR) is 109 cm³/mol. The van der Waals surface area contributed by atoms with Crippen LogP contribution in [0, 0.1) is 0 Å². The van der Waals surface area contributed by atoms with Gasteiger partial charge in [0.25, 0.3) is 11.8 Å². The molecule has 0 unspecified atom stereocenters. The fourth-order valence-corrected chi connectivity index (χ4v) is 2.77. The molecule has 6 heteroatoms. The number of nitrogens with zero attached hydrogens (tertiary/aromatic N) is 1. The zero-order chi connectivity index (χ0) is 19.8. The van der Waals surface area contributed by atoms with Gasteiger partial charge in [0.05, 0.1) is 10.6 Å². The van der Waals surface area contributed by atoms with E-state index in [2.05, 4.69) is 11.9 Å². The van der Waals surface area contributed by atoms with E-state index in [4.69, 9.17) is 16.3 Å². The van der Waals surface area contributed by atoms with E-state index in [0.29, 0.717) is 47.3 Å². The standard InChI is InChI=1S/C21H23ClN2O3/c1-4-13-27-17-10-7-15(8-11-17)20(25)23-16-9-12-18(19(22)14-16)21(26)24(5-2)6-3/h4,7-12,14H,1,5-6,13H2,2-3H3,(H,23,25). The largest absolute Gasteiger partial charge is 0.490 e. The number of benzene rings is 2. The van der Waals surface area contributed by atoms with E-state index in [9.17, 15) is 9.59 Å². The molecular weight excluding hydrogens is 364 g/mol. The first-order chi connectivity index (χ1) is 13.0. The Morgan fingerprint density at radius 1 is 1.15 bits per heavy atom. The number of ether oxygens (including phenoxy) is 1. The van der Waals surface area contributed by atoms with Crippen molar-refractivity contribution >= 4 is 29.1 Å². The number of hydrogen-bond donors (Lipinski definition) is 1. The number of nitrogens with one attached hydrogen (secondary N) is 1. The Labute approximate surface area is 164 Å². The molecule has 27 heavy (non-hydrogen) atoms. The lowest BCUT2D eigenvalue weighted by Gasteiger charge is -2.19. The summed E-state index contributed by atoms with van der Waals surface area (Å²) in [6, 6.07) is 11.7. The summed E-state index contributed by atoms with van der Waals surface area (Å²) in [5, 5.41) is 3.08. The van der Waals surface area contributed by atoms with Gasteiger partial charge in [0.2, 0.25) is 0 Å². The molecule has 0 aromatic heterocycles. The average molecular weight is 387 g/mol. The van der Waals surface area contributed by atoms with Gasteiger partial charge >= 0.3 is 0 Å². The Hall–Kier alpha value is -2.79. The molecule has 0 heterocycles. The van der Waals surface area contributed by atoms with Crippen LogP contribution in [0.3, 0.4) is 0 Å². The van der Waals surface area contributed by atoms with Crippen LogP contribution in [0.1, 0.15) is 34.6 Å². The lowest BCUT2D eigenvalue weighted by Crippen LogP contribution is -2.30. The van der Waals surface area contributed by atoms with Crippen molar-refractivity contribution in [1.82, 2.24) is 4.90 Å². The Morgan fingerprint density at radius 2 is 1.81 bits per heavy atom. The summed E-state index contributed by atoms with van der Waals surface area (Å²) in [6.07, 6.45) is 1.65. The minimum Gasteiger partial charge on any atom is -0.490 e. The maximum absolute atomic E-state index is 12.4. The molecule has 5 nitrogen and oxygen atoms in total. The van der Waals surface area contributed by atoms with E-state index in [-0.39, 0.29) is 11.8 Å². The molecule has 0 aliphatic heterocycles. The molecule has 2 rings (SSSR count). The second kappa shape index (κ2) is 9.78. The molecule has 0 saturated heterocycles. The Bertz CT molecular complexity index is 815. The number of anilines is 1. The number of rotatable bonds is 8. The lowest BCUT2D eigenvalue weighted by atomic mass is 10.1. The van der Waals surface area contributed by atoms with Crippen LogP contribution >= 0.6 is 11.6 Å². The van der Waals surface area contributed by atoms with Gasteiger partial charge in [-0.1, -0.05) is 24.3 Å². The van der Waals surface area contributed by atoms with E-state index in [1.165, 1.54) is 0 Å². The van der Waals surface area contributed by atoms with Crippen molar-refractivity contribution in [1.29, 1.82) is 0 Å². The van der Waals surface area contributed by atoms with Gasteiger partial charge in [0.15, 0.2) is 0 Å². The molecule has 2 amide bonds. The van der Waals surface area contributed by atoms with Crippen molar-refractivity contribution < 1.29 is 14.3 Å². The number of carbonyl (C=O) groups excluding carboxylic acids is 2. The molecular formula is C21H23ClN2O3. The summed E-state index contributed by atoms with van der Waals surface area (Å²) >= 11 is 6.26. The molecule has 2 aromatic rings. The van der Waals surface area contributed by atoms with Gasteiger partial charge in [0, 0.05) is 24.3 Å². The topological polar surface area (TPSA) is 58.6 Å². The van der Waals surface area contributed by atoms with Crippen LogP contribution < -0.4 is 10.1 Å². The SMILES string of the molecule is C=CCOc1ccc(C(=O)Nc2ccc(C(=O)N(CC)CC)c(Cl)c2)cc1. The van der Waals surface area contributed by atoms with Gasteiger partial charge in [0.1, 0.15) is 12.4 Å². The van der Waals surface area contributed by atoms with Crippen molar-refractivity contribution in [2.45, 2.75) is 13.8 Å². The highest BCUT2D eigenvalue weighted by molar-refractivity contribution is 6.34. The van der Waals surface area contributed by atoms with Gasteiger partial charge < -0.3 is 15.0 Å². The summed E-state index contributed by atoms with van der Waals surface area (Å²) in [5.41, 5.74) is 1.43. The first-order valence-electron chi connectivity index (χ1n) is 8.74. The highest BCUT2D eigenvalue weighted by Gasteiger charge is 2.16. The fraction of sp³-hybridized carbons (Fsp3) is 0.238. The Morgan fingerprint density at radius 3 is 2.37 bits per heavy atom. The molecule has 0 fully saturated rings. The van der Waals surface area contributed by atoms with Crippen molar-refractivity contribution in [2.75, 3.05) is 25.0 Å². The first kappa shape index (κ1) is 20.5. The molecule has 0 aliphatic carbocycles. The summed E-state index contributed by atoms with van der Waals surface area (Å²) in [5.74, 6) is 0.260. The second-order valence-electron chi connectivity index (χ2n) is 5.75. The minimum atomic E-state index is -0.274. The average Bonchev–Trinajstić information content (AvgIpc) is 2.67. The quantitative estimate of drug-likeness (QED) is 0.672. The Balaban J connectivity index is 2.09. The maximum atomic E-state index is 12.4. The Kier molecular flexibility index (Phi) is 7.44. The molecule has 1 N–H and O–H groups in total. The smallest absolute Gasteiger partial charge is 0.255 e. The molecule has 0 atom stereocenters.